The zero-order chi connectivity index (χ0) is 57.4. The summed E-state index contributed by atoms with van der Waals surface area (Å²) in [5.74, 6) is -5.73. The largest absolute Gasteiger partial charge is 0.490 e. The summed E-state index contributed by atoms with van der Waals surface area (Å²) in [5, 5.41) is 21.6. The Hall–Kier alpha value is -7.93. The van der Waals surface area contributed by atoms with Crippen LogP contribution < -0.4 is 26.0 Å². The third-order valence-corrected chi connectivity index (χ3v) is 17.1. The molecule has 0 spiro atoms. The van der Waals surface area contributed by atoms with Crippen LogP contribution in [0.5, 0.6) is 5.75 Å². The molecule has 0 unspecified atom stereocenters. The molecule has 6 amide bonds. The minimum atomic E-state index is -0.945. The fraction of sp³-hybridized carbons (Fsp3) is 0.431. The van der Waals surface area contributed by atoms with Gasteiger partial charge in [-0.25, -0.2) is 0 Å². The molecule has 12 atom stereocenters. The molecule has 18 heteroatoms. The minimum Gasteiger partial charge on any atom is -0.490 e. The van der Waals surface area contributed by atoms with Crippen LogP contribution in [0.4, 0.5) is 0 Å². The molecule has 5 N–H and O–H groups in total. The maximum absolute atomic E-state index is 15.0. The van der Waals surface area contributed by atoms with Crippen LogP contribution in [0.1, 0.15) is 98.7 Å². The number of carbonyl (C=O) groups excluding carboxylic acids is 6. The van der Waals surface area contributed by atoms with Crippen LogP contribution in [0.2, 0.25) is 0 Å². The number of benzene rings is 5. The molecule has 2 aliphatic heterocycles. The number of hydrogen-bond acceptors (Lipinski definition) is 11. The second-order valence-corrected chi connectivity index (χ2v) is 22.9. The van der Waals surface area contributed by atoms with Crippen molar-refractivity contribution in [1.82, 2.24) is 31.1 Å². The summed E-state index contributed by atoms with van der Waals surface area (Å²) < 4.78 is 22.9. The molecule has 2 saturated heterocycles. The van der Waals surface area contributed by atoms with E-state index in [2.05, 4.69) is 21.3 Å². The van der Waals surface area contributed by atoms with Gasteiger partial charge in [0.25, 0.3) is 11.8 Å². The van der Waals surface area contributed by atoms with Crippen molar-refractivity contribution in [3.8, 4) is 5.75 Å². The molecule has 434 valence electrons. The third kappa shape index (κ3) is 14.3. The molecule has 18 nitrogen and oxygen atoms in total. The van der Waals surface area contributed by atoms with E-state index in [1.807, 2.05) is 121 Å². The van der Waals surface area contributed by atoms with Crippen LogP contribution >= 0.6 is 0 Å². The number of aliphatic carboxylic acids is 1. The number of likely N-dealkylation sites (tertiary alicyclic amines) is 2. The summed E-state index contributed by atoms with van der Waals surface area (Å²) in [7, 11) is 0. The van der Waals surface area contributed by atoms with E-state index in [4.69, 9.17) is 24.1 Å². The first-order valence-electron chi connectivity index (χ1n) is 29.2. The smallest absolute Gasteiger partial charge is 0.305 e. The zero-order valence-electron chi connectivity index (χ0n) is 46.4. The van der Waals surface area contributed by atoms with Gasteiger partial charge in [0, 0.05) is 79.6 Å². The van der Waals surface area contributed by atoms with Gasteiger partial charge in [0.15, 0.2) is 0 Å². The van der Waals surface area contributed by atoms with Gasteiger partial charge in [-0.3, -0.25) is 33.6 Å². The number of amides is 6. The Balaban J connectivity index is 0.798. The second-order valence-electron chi connectivity index (χ2n) is 22.9. The molecule has 5 aromatic rings. The molecule has 0 bridgehead atoms. The molecule has 0 radical (unpaired) electrons. The average molecular weight is 1130 g/mol. The minimum absolute atomic E-state index is 0.0138. The molecule has 4 aliphatic carbocycles. The summed E-state index contributed by atoms with van der Waals surface area (Å²) in [5.41, 5.74) is 4.78. The van der Waals surface area contributed by atoms with E-state index in [-0.39, 0.29) is 167 Å². The number of carbonyl (C=O) groups is 7. The quantitative estimate of drug-likeness (QED) is 0.0402. The van der Waals surface area contributed by atoms with Crippen molar-refractivity contribution in [2.75, 3.05) is 72.4 Å². The SMILES string of the molecule is O=C(O)CCOCCOCCOCCOc1cc(C(=O)N2C[C@@H](C(=O)N[C@H]3C[C@@H]3c3ccccc3)[C@H](C(=O)N[C@H]3C[C@@H]3c3ccccc3)C2)ccc1C(=O)N1C[C@@H](C(=O)N[C@H]2C[C@@H]2c2ccccc2)[C@H](C(=O)N[C@H]2C[C@@H]2c2ccccc2)C1. The van der Waals surface area contributed by atoms with E-state index >= 15 is 0 Å². The Bertz CT molecular complexity index is 2970. The summed E-state index contributed by atoms with van der Waals surface area (Å²) in [4.78, 5) is 101. The number of nitrogens with zero attached hydrogens (tertiary/aromatic N) is 2. The van der Waals surface area contributed by atoms with Gasteiger partial charge in [0.2, 0.25) is 23.6 Å². The Morgan fingerprint density at radius 2 is 0.735 bits per heavy atom. The lowest BCUT2D eigenvalue weighted by Gasteiger charge is -2.21. The van der Waals surface area contributed by atoms with Crippen molar-refractivity contribution in [1.29, 1.82) is 0 Å². The summed E-state index contributed by atoms with van der Waals surface area (Å²) in [6.07, 6.45) is 2.97. The monoisotopic (exact) mass is 1130 g/mol. The van der Waals surface area contributed by atoms with Gasteiger partial charge in [-0.15, -0.1) is 0 Å². The maximum atomic E-state index is 15.0. The van der Waals surface area contributed by atoms with Crippen LogP contribution in [0.3, 0.4) is 0 Å². The molecule has 2 heterocycles. The molecular formula is C65H72N6O12. The number of hydrogen-bond donors (Lipinski definition) is 5. The summed E-state index contributed by atoms with van der Waals surface area (Å²) in [6.45, 7) is 0.923. The van der Waals surface area contributed by atoms with Gasteiger partial charge in [0.1, 0.15) is 12.4 Å². The summed E-state index contributed by atoms with van der Waals surface area (Å²) >= 11 is 0. The Kier molecular flexibility index (Phi) is 17.9. The number of nitrogens with one attached hydrogen (secondary N) is 4. The predicted molar refractivity (Wildman–Crippen MR) is 305 cm³/mol. The predicted octanol–water partition coefficient (Wildman–Crippen LogP) is 5.66. The fourth-order valence-corrected chi connectivity index (χ4v) is 12.1. The highest BCUT2D eigenvalue weighted by Crippen LogP contribution is 2.45. The summed E-state index contributed by atoms with van der Waals surface area (Å²) in [6, 6.07) is 44.0. The second kappa shape index (κ2) is 26.1. The maximum Gasteiger partial charge on any atom is 0.305 e. The molecule has 0 aromatic heterocycles. The molecule has 6 fully saturated rings. The lowest BCUT2D eigenvalue weighted by molar-refractivity contribution is -0.138. The van der Waals surface area contributed by atoms with E-state index in [1.54, 1.807) is 0 Å². The number of rotatable bonds is 27. The highest BCUT2D eigenvalue weighted by molar-refractivity contribution is 6.02. The van der Waals surface area contributed by atoms with Crippen LogP contribution in [0, 0.1) is 23.7 Å². The first-order chi connectivity index (χ1) is 40.5. The van der Waals surface area contributed by atoms with Crippen LogP contribution in [-0.2, 0) is 38.2 Å². The van der Waals surface area contributed by atoms with Gasteiger partial charge in [-0.2, -0.15) is 0 Å². The standard InChI is InChI=1S/C65H72N6O12/c72-59(73)23-24-80-25-26-81-27-28-82-29-30-83-58-31-44(64(78)70-36-50(60(74)66-54-32-46(54)40-13-5-1-6-14-40)51(37-70)61(75)67-55-33-47(55)41-15-7-2-8-16-41)21-22-45(58)65(79)71-38-52(62(76)68-56-34-48(56)42-17-9-3-10-18-42)53(39-71)63(77)69-57-35-49(57)43-19-11-4-12-20-43/h1-22,31,46-57H,23-30,32-39H2,(H,66,74)(H,67,75)(H,68,76)(H,69,77)(H,72,73)/t46-,47-,48-,49-,50-,51-,52-,53-,54+,55+,56+,57+/m1/s1. The molecule has 83 heavy (non-hydrogen) atoms. The van der Waals surface area contributed by atoms with Gasteiger partial charge >= 0.3 is 5.97 Å². The highest BCUT2D eigenvalue weighted by Gasteiger charge is 2.51. The van der Waals surface area contributed by atoms with Crippen molar-refractivity contribution >= 4 is 41.4 Å². The van der Waals surface area contributed by atoms with Crippen molar-refractivity contribution in [3.63, 3.8) is 0 Å². The lowest BCUT2D eigenvalue weighted by Crippen LogP contribution is -2.43. The van der Waals surface area contributed by atoms with Crippen molar-refractivity contribution in [2.24, 2.45) is 23.7 Å². The van der Waals surface area contributed by atoms with E-state index in [9.17, 15) is 33.6 Å². The highest BCUT2D eigenvalue weighted by atomic mass is 16.6. The van der Waals surface area contributed by atoms with Gasteiger partial charge in [-0.1, -0.05) is 121 Å². The molecule has 11 rings (SSSR count). The normalized spacial score (nSPS) is 26.3. The van der Waals surface area contributed by atoms with Crippen LogP contribution in [0.25, 0.3) is 0 Å². The van der Waals surface area contributed by atoms with Crippen LogP contribution in [-0.4, -0.2) is 153 Å². The third-order valence-electron chi connectivity index (χ3n) is 17.1. The molecule has 6 aliphatic rings. The average Bonchev–Trinajstić information content (AvgIpc) is 4.65. The van der Waals surface area contributed by atoms with Crippen molar-refractivity contribution in [3.05, 3.63) is 173 Å². The zero-order valence-corrected chi connectivity index (χ0v) is 46.4. The van der Waals surface area contributed by atoms with Gasteiger partial charge in [0.05, 0.1) is 75.3 Å². The fourth-order valence-electron chi connectivity index (χ4n) is 12.1. The van der Waals surface area contributed by atoms with Gasteiger partial charge in [-0.05, 0) is 66.1 Å². The van der Waals surface area contributed by atoms with E-state index in [0.29, 0.717) is 0 Å². The van der Waals surface area contributed by atoms with Crippen molar-refractivity contribution in [2.45, 2.75) is 79.9 Å². The van der Waals surface area contributed by atoms with E-state index < -0.39 is 41.5 Å². The molecular weight excluding hydrogens is 1060 g/mol. The topological polar surface area (TPSA) is 231 Å². The Morgan fingerprint density at radius 3 is 1.08 bits per heavy atom. The lowest BCUT2D eigenvalue weighted by atomic mass is 9.94. The van der Waals surface area contributed by atoms with Gasteiger partial charge < -0.3 is 55.1 Å². The van der Waals surface area contributed by atoms with Crippen molar-refractivity contribution < 1.29 is 57.6 Å². The Morgan fingerprint density at radius 1 is 0.410 bits per heavy atom. The molecule has 4 saturated carbocycles. The number of carboxylic acid groups (broad SMARTS) is 1. The first-order valence-corrected chi connectivity index (χ1v) is 29.2. The first kappa shape index (κ1) is 56.9. The molecule has 5 aromatic carbocycles. The van der Waals surface area contributed by atoms with E-state index in [1.165, 1.54) is 28.0 Å². The Labute approximate surface area is 482 Å². The van der Waals surface area contributed by atoms with Crippen LogP contribution in [0.15, 0.2) is 140 Å². The number of carboxylic acids is 1. The van der Waals surface area contributed by atoms with E-state index in [0.717, 1.165) is 47.9 Å². The number of ether oxygens (including phenoxy) is 4.